The highest BCUT2D eigenvalue weighted by Gasteiger charge is 2.39. The third-order valence-corrected chi connectivity index (χ3v) is 5.37. The van der Waals surface area contributed by atoms with E-state index in [-0.39, 0.29) is 17.9 Å². The maximum absolute atomic E-state index is 12.5. The van der Waals surface area contributed by atoms with Gasteiger partial charge in [0.25, 0.3) is 0 Å². The van der Waals surface area contributed by atoms with E-state index in [1.165, 1.54) is 10.3 Å². The van der Waals surface area contributed by atoms with Crippen LogP contribution in [0, 0.1) is 11.8 Å². The molecule has 168 valence electrons. The van der Waals surface area contributed by atoms with Crippen LogP contribution in [0.25, 0.3) is 10.8 Å². The fraction of sp³-hybridized carbons (Fsp3) is 0.304. The van der Waals surface area contributed by atoms with E-state index in [0.717, 1.165) is 23.9 Å². The lowest BCUT2D eigenvalue weighted by Gasteiger charge is -2.39. The normalized spacial score (nSPS) is 19.9. The number of imide groups is 1. The van der Waals surface area contributed by atoms with Gasteiger partial charge in [0, 0.05) is 31.8 Å². The van der Waals surface area contributed by atoms with Crippen molar-refractivity contribution in [2.75, 3.05) is 19.6 Å². The first-order valence-corrected chi connectivity index (χ1v) is 10.2. The molecule has 2 aromatic rings. The second-order valence-electron chi connectivity index (χ2n) is 7.76. The second-order valence-corrected chi connectivity index (χ2v) is 7.76. The summed E-state index contributed by atoms with van der Waals surface area (Å²) in [6, 6.07) is 14.0. The first-order valence-electron chi connectivity index (χ1n) is 10.2. The van der Waals surface area contributed by atoms with Gasteiger partial charge in [-0.05, 0) is 41.3 Å². The Morgan fingerprint density at radius 3 is 2.41 bits per heavy atom. The predicted molar refractivity (Wildman–Crippen MR) is 117 cm³/mol. The number of carboxylic acid groups (broad SMARTS) is 2. The van der Waals surface area contributed by atoms with E-state index in [4.69, 9.17) is 10.2 Å². The quantitative estimate of drug-likeness (QED) is 0.534. The molecule has 9 heteroatoms. The summed E-state index contributed by atoms with van der Waals surface area (Å²) in [7, 11) is 0. The molecule has 2 unspecified atom stereocenters. The molecule has 2 saturated heterocycles. The highest BCUT2D eigenvalue weighted by Crippen LogP contribution is 2.25. The van der Waals surface area contributed by atoms with Gasteiger partial charge in [-0.3, -0.25) is 9.69 Å². The van der Waals surface area contributed by atoms with Crippen LogP contribution in [0.3, 0.4) is 0 Å². The Labute approximate surface area is 184 Å². The smallest absolute Gasteiger partial charge is 0.328 e. The van der Waals surface area contributed by atoms with Crippen molar-refractivity contribution < 1.29 is 29.4 Å². The van der Waals surface area contributed by atoms with Crippen LogP contribution < -0.4 is 10.6 Å². The number of piperidine rings is 2. The van der Waals surface area contributed by atoms with E-state index < -0.39 is 11.9 Å². The summed E-state index contributed by atoms with van der Waals surface area (Å²) >= 11 is 0. The number of hydrogen-bond acceptors (Lipinski definition) is 5. The molecule has 0 aromatic heterocycles. The Hall–Kier alpha value is -3.72. The van der Waals surface area contributed by atoms with Crippen LogP contribution in [-0.2, 0) is 20.9 Å². The maximum Gasteiger partial charge on any atom is 0.328 e. The molecule has 9 nitrogen and oxygen atoms in total. The number of nitrogens with zero attached hydrogens (tertiary/aromatic N) is 1. The standard InChI is InChI=1S/C19H21N3O2.C4H4O4/c23-18-17-8-14(9-20-11-17)12-22(18)19(24)21-10-13-5-6-15-3-1-2-4-16(15)7-13;5-3(6)1-2-4(7)8/h1-7,14,17,20H,8-12H2,(H,21,24);1-2H,(H,5,6)(H,7,8)/b;2-1+. The van der Waals surface area contributed by atoms with E-state index in [0.29, 0.717) is 37.7 Å². The van der Waals surface area contributed by atoms with E-state index in [1.54, 1.807) is 0 Å². The predicted octanol–water partition coefficient (Wildman–Crippen LogP) is 1.83. The zero-order valence-electron chi connectivity index (χ0n) is 17.4. The molecule has 0 radical (unpaired) electrons. The molecule has 2 aromatic carbocycles. The van der Waals surface area contributed by atoms with Gasteiger partial charge in [-0.25, -0.2) is 14.4 Å². The van der Waals surface area contributed by atoms with Gasteiger partial charge < -0.3 is 20.8 Å². The van der Waals surface area contributed by atoms with Crippen LogP contribution in [0.2, 0.25) is 0 Å². The van der Waals surface area contributed by atoms with Gasteiger partial charge in [0.15, 0.2) is 0 Å². The summed E-state index contributed by atoms with van der Waals surface area (Å²) in [6.45, 7) is 2.52. The van der Waals surface area contributed by atoms with Crippen LogP contribution in [0.4, 0.5) is 4.79 Å². The minimum Gasteiger partial charge on any atom is -0.478 e. The lowest BCUT2D eigenvalue weighted by molar-refractivity contribution is -0.137. The number of likely N-dealkylation sites (tertiary alicyclic amines) is 1. The van der Waals surface area contributed by atoms with E-state index in [1.807, 2.05) is 18.2 Å². The Bertz CT molecular complexity index is 1030. The number of benzene rings is 2. The molecule has 0 aliphatic carbocycles. The molecule has 0 saturated carbocycles. The lowest BCUT2D eigenvalue weighted by Crippen LogP contribution is -2.58. The van der Waals surface area contributed by atoms with Crippen molar-refractivity contribution in [2.24, 2.45) is 11.8 Å². The Morgan fingerprint density at radius 1 is 1.03 bits per heavy atom. The van der Waals surface area contributed by atoms with Gasteiger partial charge in [0.2, 0.25) is 5.91 Å². The number of amides is 3. The summed E-state index contributed by atoms with van der Waals surface area (Å²) in [5.74, 6) is -2.23. The molecule has 4 N–H and O–H groups in total. The average molecular weight is 439 g/mol. The Kier molecular flexibility index (Phi) is 7.56. The van der Waals surface area contributed by atoms with Crippen molar-refractivity contribution in [3.63, 3.8) is 0 Å². The topological polar surface area (TPSA) is 136 Å². The van der Waals surface area contributed by atoms with Gasteiger partial charge in [0.05, 0.1) is 5.92 Å². The largest absolute Gasteiger partial charge is 0.478 e. The average Bonchev–Trinajstić information content (AvgIpc) is 2.79. The first kappa shape index (κ1) is 23.0. The molecule has 2 atom stereocenters. The van der Waals surface area contributed by atoms with E-state index in [2.05, 4.69) is 34.9 Å². The van der Waals surface area contributed by atoms with Gasteiger partial charge in [-0.1, -0.05) is 36.4 Å². The van der Waals surface area contributed by atoms with Crippen molar-refractivity contribution in [2.45, 2.75) is 13.0 Å². The second kappa shape index (κ2) is 10.5. The molecule has 2 aliphatic rings. The summed E-state index contributed by atoms with van der Waals surface area (Å²) in [5.41, 5.74) is 1.04. The van der Waals surface area contributed by atoms with Crippen molar-refractivity contribution in [3.05, 3.63) is 60.2 Å². The third-order valence-electron chi connectivity index (χ3n) is 5.37. The van der Waals surface area contributed by atoms with Crippen molar-refractivity contribution in [1.82, 2.24) is 15.5 Å². The van der Waals surface area contributed by atoms with Crippen LogP contribution in [0.1, 0.15) is 12.0 Å². The molecule has 2 fully saturated rings. The fourth-order valence-corrected chi connectivity index (χ4v) is 3.87. The van der Waals surface area contributed by atoms with Gasteiger partial charge in [-0.15, -0.1) is 0 Å². The zero-order chi connectivity index (χ0) is 23.1. The molecule has 3 amide bonds. The lowest BCUT2D eigenvalue weighted by atomic mass is 9.85. The summed E-state index contributed by atoms with van der Waals surface area (Å²) < 4.78 is 0. The Morgan fingerprint density at radius 2 is 1.72 bits per heavy atom. The minimum absolute atomic E-state index is 0.0468. The number of rotatable bonds is 4. The zero-order valence-corrected chi connectivity index (χ0v) is 17.4. The molecule has 2 heterocycles. The summed E-state index contributed by atoms with van der Waals surface area (Å²) in [4.78, 5) is 45.3. The number of urea groups is 1. The highest BCUT2D eigenvalue weighted by molar-refractivity contribution is 5.96. The van der Waals surface area contributed by atoms with Gasteiger partial charge >= 0.3 is 18.0 Å². The molecular formula is C23H25N3O6. The van der Waals surface area contributed by atoms with Gasteiger partial charge in [-0.2, -0.15) is 0 Å². The fourth-order valence-electron chi connectivity index (χ4n) is 3.87. The number of hydrogen-bond donors (Lipinski definition) is 4. The van der Waals surface area contributed by atoms with Crippen molar-refractivity contribution in [1.29, 1.82) is 0 Å². The molecule has 0 spiro atoms. The molecule has 2 aliphatic heterocycles. The first-order chi connectivity index (χ1) is 15.3. The van der Waals surface area contributed by atoms with Crippen molar-refractivity contribution in [3.8, 4) is 0 Å². The summed E-state index contributed by atoms with van der Waals surface area (Å²) in [6.07, 6.45) is 2.02. The van der Waals surface area contributed by atoms with Crippen LogP contribution in [0.5, 0.6) is 0 Å². The number of aliphatic carboxylic acids is 2. The highest BCUT2D eigenvalue weighted by atomic mass is 16.4. The van der Waals surface area contributed by atoms with Gasteiger partial charge in [0.1, 0.15) is 0 Å². The SMILES string of the molecule is O=C(NCc1ccc2ccccc2c1)N1CC2CNCC(C2)C1=O.O=C(O)/C=C/C(=O)O. The number of carbonyl (C=O) groups excluding carboxylic acids is 2. The van der Waals surface area contributed by atoms with Crippen LogP contribution in [-0.4, -0.2) is 58.6 Å². The molecular weight excluding hydrogens is 414 g/mol. The van der Waals surface area contributed by atoms with Crippen LogP contribution in [0.15, 0.2) is 54.6 Å². The molecule has 32 heavy (non-hydrogen) atoms. The number of carbonyl (C=O) groups is 4. The number of fused-ring (bicyclic) bond motifs is 3. The number of carboxylic acids is 2. The van der Waals surface area contributed by atoms with E-state index >= 15 is 0 Å². The Balaban J connectivity index is 0.000000312. The van der Waals surface area contributed by atoms with E-state index in [9.17, 15) is 19.2 Å². The molecule has 4 rings (SSSR count). The summed E-state index contributed by atoms with van der Waals surface area (Å²) in [5, 5.41) is 24.1. The monoisotopic (exact) mass is 439 g/mol. The third kappa shape index (κ3) is 6.14. The molecule has 2 bridgehead atoms. The maximum atomic E-state index is 12.5. The van der Waals surface area contributed by atoms with Crippen molar-refractivity contribution >= 4 is 34.6 Å². The minimum atomic E-state index is -1.26. The number of nitrogens with one attached hydrogen (secondary N) is 2. The van der Waals surface area contributed by atoms with Crippen LogP contribution >= 0.6 is 0 Å².